The minimum atomic E-state index is -1.25. The van der Waals surface area contributed by atoms with Crippen LogP contribution in [0.4, 0.5) is 9.59 Å². The largest absolute Gasteiger partial charge is 0.480 e. The van der Waals surface area contributed by atoms with E-state index >= 15 is 0 Å². The van der Waals surface area contributed by atoms with Crippen LogP contribution in [0.3, 0.4) is 0 Å². The fourth-order valence-corrected chi connectivity index (χ4v) is 4.31. The fourth-order valence-electron chi connectivity index (χ4n) is 4.31. The van der Waals surface area contributed by atoms with Crippen LogP contribution in [0.5, 0.6) is 0 Å². The Morgan fingerprint density at radius 1 is 0.633 bits per heavy atom. The number of aliphatic carboxylic acids is 1. The van der Waals surface area contributed by atoms with E-state index in [-0.39, 0.29) is 19.4 Å². The molecule has 5 amide bonds. The summed E-state index contributed by atoms with van der Waals surface area (Å²) in [6.07, 6.45) is 0.293. The number of nitrogens with two attached hydrogens (primary N) is 1. The lowest BCUT2D eigenvalue weighted by Gasteiger charge is -2.32. The quantitative estimate of drug-likeness (QED) is 0.0966. The summed E-state index contributed by atoms with van der Waals surface area (Å²) in [7, 11) is 0. The highest BCUT2D eigenvalue weighted by Gasteiger charge is 2.34. The highest BCUT2D eigenvalue weighted by atomic mass is 16.6. The molecule has 0 saturated carbocycles. The van der Waals surface area contributed by atoms with Crippen molar-refractivity contribution in [3.05, 3.63) is 0 Å². The van der Waals surface area contributed by atoms with E-state index in [1.165, 1.54) is 6.92 Å². The molecule has 5 atom stereocenters. The highest BCUT2D eigenvalue weighted by Crippen LogP contribution is 2.14. The third-order valence-electron chi connectivity index (χ3n) is 6.49. The lowest BCUT2D eigenvalue weighted by atomic mass is 10.1. The molecule has 0 unspecified atom stereocenters. The van der Waals surface area contributed by atoms with Crippen LogP contribution in [0.1, 0.15) is 115 Å². The molecule has 0 heterocycles. The number of amides is 5. The molecule has 0 aromatic rings. The van der Waals surface area contributed by atoms with Crippen LogP contribution in [-0.4, -0.2) is 101 Å². The van der Waals surface area contributed by atoms with Gasteiger partial charge in [-0.05, 0) is 115 Å². The zero-order chi connectivity index (χ0) is 38.2. The molecule has 0 bridgehead atoms. The highest BCUT2D eigenvalue weighted by molar-refractivity contribution is 5.94. The van der Waals surface area contributed by atoms with Gasteiger partial charge in [-0.3, -0.25) is 14.4 Å². The normalized spacial score (nSPS) is 15.0. The lowest BCUT2D eigenvalue weighted by molar-refractivity contribution is -0.143. The molecular weight excluding hydrogens is 640 g/mol. The Hall–Kier alpha value is -3.66. The minimum absolute atomic E-state index is 0.0852. The third-order valence-corrected chi connectivity index (χ3v) is 6.49. The van der Waals surface area contributed by atoms with E-state index in [1.807, 2.05) is 0 Å². The number of nitrogens with one attached hydrogen (secondary N) is 5. The summed E-state index contributed by atoms with van der Waals surface area (Å²) in [6, 6.07) is -4.58. The van der Waals surface area contributed by atoms with Crippen molar-refractivity contribution in [3.63, 3.8) is 0 Å². The number of alkyl carbamates (subject to hydrolysis) is 2. The number of hydrogen-bond donors (Lipinski definition) is 7. The van der Waals surface area contributed by atoms with Crippen molar-refractivity contribution >= 4 is 35.9 Å². The molecule has 0 aliphatic rings. The van der Waals surface area contributed by atoms with Gasteiger partial charge in [0.15, 0.2) is 0 Å². The molecule has 8 N–H and O–H groups in total. The summed E-state index contributed by atoms with van der Waals surface area (Å²) in [4.78, 5) is 74.7. The van der Waals surface area contributed by atoms with Crippen molar-refractivity contribution in [3.8, 4) is 0 Å². The first-order valence-electron chi connectivity index (χ1n) is 16.8. The molecule has 0 rings (SSSR count). The lowest BCUT2D eigenvalue weighted by Crippen LogP contribution is -2.60. The zero-order valence-electron chi connectivity index (χ0n) is 31.2. The van der Waals surface area contributed by atoms with E-state index in [0.717, 1.165) is 0 Å². The molecular formula is C33H62N6O10. The van der Waals surface area contributed by atoms with Crippen LogP contribution in [-0.2, 0) is 33.4 Å². The van der Waals surface area contributed by atoms with Crippen LogP contribution in [0, 0.1) is 0 Å². The van der Waals surface area contributed by atoms with Gasteiger partial charge in [0.25, 0.3) is 0 Å². The Morgan fingerprint density at radius 2 is 1.10 bits per heavy atom. The molecule has 16 heteroatoms. The van der Waals surface area contributed by atoms with E-state index in [1.54, 1.807) is 69.2 Å². The molecule has 0 spiro atoms. The monoisotopic (exact) mass is 702 g/mol. The summed E-state index contributed by atoms with van der Waals surface area (Å²) < 4.78 is 16.3. The molecule has 49 heavy (non-hydrogen) atoms. The van der Waals surface area contributed by atoms with Crippen LogP contribution in [0.15, 0.2) is 0 Å². The molecule has 0 aromatic carbocycles. The number of carboxylic acid groups (broad SMARTS) is 1. The summed E-state index contributed by atoms with van der Waals surface area (Å²) in [5, 5.41) is 22.5. The first-order chi connectivity index (χ1) is 22.3. The number of hydrogen-bond acceptors (Lipinski definition) is 10. The van der Waals surface area contributed by atoms with Crippen LogP contribution in [0.2, 0.25) is 0 Å². The van der Waals surface area contributed by atoms with Crippen LogP contribution >= 0.6 is 0 Å². The van der Waals surface area contributed by atoms with Crippen LogP contribution < -0.4 is 32.3 Å². The topological polar surface area (TPSA) is 237 Å². The van der Waals surface area contributed by atoms with E-state index in [4.69, 9.17) is 19.9 Å². The standard InChI is InChI=1S/C33H62N6O10/c1-20(25(40)38-23(28(43)44)17-13-15-19-36-30(46)49-33(9,10)11)37-27(42)24(21(2)47-31(3,4)5)39-26(41)22(34)16-12-14-18-35-29(45)48-32(6,7)8/h20-24H,12-19,34H2,1-11H3,(H,35,45)(H,36,46)(H,37,42)(H,38,40)(H,39,41)(H,43,44)/t20-,21+,22-,23-,24-/m0/s1. The van der Waals surface area contributed by atoms with Crippen molar-refractivity contribution in [2.45, 2.75) is 162 Å². The summed E-state index contributed by atoms with van der Waals surface area (Å²) in [5.74, 6) is -3.31. The SMILES string of the molecule is C[C@H](NC(=O)[C@@H](NC(=O)[C@@H](N)CCCCNC(=O)OC(C)(C)C)[C@@H](C)OC(C)(C)C)C(=O)N[C@@H](CCCCNC(=O)OC(C)(C)C)C(=O)O. The van der Waals surface area contributed by atoms with E-state index in [2.05, 4.69) is 26.6 Å². The van der Waals surface area contributed by atoms with Gasteiger partial charge < -0.3 is 51.6 Å². The van der Waals surface area contributed by atoms with Gasteiger partial charge in [-0.2, -0.15) is 0 Å². The van der Waals surface area contributed by atoms with Crippen molar-refractivity contribution in [2.75, 3.05) is 13.1 Å². The number of carbonyl (C=O) groups is 6. The smallest absolute Gasteiger partial charge is 0.407 e. The molecule has 0 saturated heterocycles. The Kier molecular flexibility index (Phi) is 19.2. The first kappa shape index (κ1) is 45.3. The maximum Gasteiger partial charge on any atom is 0.407 e. The number of carboxylic acids is 1. The average Bonchev–Trinajstić information content (AvgIpc) is 2.91. The summed E-state index contributed by atoms with van der Waals surface area (Å²) in [6.45, 7) is 19.4. The van der Waals surface area contributed by atoms with Crippen molar-refractivity contribution < 1.29 is 48.1 Å². The Bertz CT molecular complexity index is 1100. The van der Waals surface area contributed by atoms with E-state index in [9.17, 15) is 33.9 Å². The van der Waals surface area contributed by atoms with Gasteiger partial charge >= 0.3 is 18.2 Å². The fraction of sp³-hybridized carbons (Fsp3) is 0.818. The van der Waals surface area contributed by atoms with E-state index in [0.29, 0.717) is 32.2 Å². The van der Waals surface area contributed by atoms with Gasteiger partial charge in [0, 0.05) is 13.1 Å². The Morgan fingerprint density at radius 3 is 1.53 bits per heavy atom. The summed E-state index contributed by atoms with van der Waals surface area (Å²) >= 11 is 0. The predicted octanol–water partition coefficient (Wildman–Crippen LogP) is 2.47. The predicted molar refractivity (Wildman–Crippen MR) is 184 cm³/mol. The van der Waals surface area contributed by atoms with Gasteiger partial charge in [-0.15, -0.1) is 0 Å². The minimum Gasteiger partial charge on any atom is -0.480 e. The molecule has 0 aliphatic heterocycles. The van der Waals surface area contributed by atoms with Crippen molar-refractivity contribution in [2.24, 2.45) is 5.73 Å². The van der Waals surface area contributed by atoms with Crippen LogP contribution in [0.25, 0.3) is 0 Å². The first-order valence-corrected chi connectivity index (χ1v) is 16.8. The zero-order valence-corrected chi connectivity index (χ0v) is 31.2. The molecule has 0 radical (unpaired) electrons. The number of unbranched alkanes of at least 4 members (excludes halogenated alkanes) is 2. The number of ether oxygens (including phenoxy) is 3. The molecule has 0 aromatic heterocycles. The average molecular weight is 703 g/mol. The van der Waals surface area contributed by atoms with Gasteiger partial charge in [0.05, 0.1) is 17.7 Å². The summed E-state index contributed by atoms with van der Waals surface area (Å²) in [5.41, 5.74) is 4.17. The van der Waals surface area contributed by atoms with Gasteiger partial charge in [-0.1, -0.05) is 0 Å². The second-order valence-corrected chi connectivity index (χ2v) is 15.0. The number of rotatable bonds is 19. The van der Waals surface area contributed by atoms with Gasteiger partial charge in [0.1, 0.15) is 29.3 Å². The second-order valence-electron chi connectivity index (χ2n) is 15.0. The van der Waals surface area contributed by atoms with Crippen molar-refractivity contribution in [1.29, 1.82) is 0 Å². The molecule has 0 fully saturated rings. The Labute approximate surface area is 291 Å². The molecule has 0 aliphatic carbocycles. The second kappa shape index (κ2) is 20.8. The maximum atomic E-state index is 13.4. The molecule has 16 nitrogen and oxygen atoms in total. The third kappa shape index (κ3) is 22.6. The van der Waals surface area contributed by atoms with Gasteiger partial charge in [0.2, 0.25) is 17.7 Å². The van der Waals surface area contributed by atoms with E-state index < -0.39 is 83.0 Å². The number of carbonyl (C=O) groups excluding carboxylic acids is 5. The van der Waals surface area contributed by atoms with Crippen molar-refractivity contribution in [1.82, 2.24) is 26.6 Å². The van der Waals surface area contributed by atoms with Gasteiger partial charge in [-0.25, -0.2) is 14.4 Å². The Balaban J connectivity index is 5.15. The molecule has 284 valence electrons. The maximum absolute atomic E-state index is 13.4.